The topological polar surface area (TPSA) is 67.1 Å². The second kappa shape index (κ2) is 5.74. The van der Waals surface area contributed by atoms with Crippen molar-refractivity contribution in [2.45, 2.75) is 53.0 Å². The van der Waals surface area contributed by atoms with Gasteiger partial charge in [0.15, 0.2) is 0 Å². The van der Waals surface area contributed by atoms with Gasteiger partial charge in [0.25, 0.3) is 0 Å². The Hall–Kier alpha value is -1.36. The first-order valence-electron chi connectivity index (χ1n) is 7.17. The molecule has 2 heterocycles. The summed E-state index contributed by atoms with van der Waals surface area (Å²) in [7, 11) is 0. The van der Waals surface area contributed by atoms with E-state index in [0.717, 1.165) is 36.0 Å². The van der Waals surface area contributed by atoms with E-state index in [-0.39, 0.29) is 0 Å². The van der Waals surface area contributed by atoms with Gasteiger partial charge in [-0.25, -0.2) is 15.8 Å². The first kappa shape index (κ1) is 14.1. The van der Waals surface area contributed by atoms with Gasteiger partial charge in [-0.05, 0) is 32.6 Å². The molecule has 0 saturated carbocycles. The fourth-order valence-electron chi connectivity index (χ4n) is 2.71. The average Bonchev–Trinajstić information content (AvgIpc) is 2.42. The molecule has 1 saturated heterocycles. The van der Waals surface area contributed by atoms with Crippen LogP contribution in [0.25, 0.3) is 0 Å². The van der Waals surface area contributed by atoms with Crippen molar-refractivity contribution < 1.29 is 0 Å². The number of aryl methyl sites for hydroxylation is 1. The van der Waals surface area contributed by atoms with Crippen LogP contribution < -0.4 is 16.2 Å². The second-order valence-corrected chi connectivity index (χ2v) is 5.62. The van der Waals surface area contributed by atoms with Crippen molar-refractivity contribution in [1.82, 2.24) is 9.97 Å². The van der Waals surface area contributed by atoms with Gasteiger partial charge in [0.2, 0.25) is 0 Å². The van der Waals surface area contributed by atoms with Crippen molar-refractivity contribution in [2.24, 2.45) is 11.8 Å². The minimum Gasteiger partial charge on any atom is -0.353 e. The van der Waals surface area contributed by atoms with E-state index in [1.165, 1.54) is 12.8 Å². The molecule has 0 bridgehead atoms. The lowest BCUT2D eigenvalue weighted by Crippen LogP contribution is -2.42. The zero-order valence-electron chi connectivity index (χ0n) is 12.4. The van der Waals surface area contributed by atoms with Crippen LogP contribution in [0, 0.1) is 12.8 Å². The number of piperidine rings is 1. The fourth-order valence-corrected chi connectivity index (χ4v) is 2.71. The maximum absolute atomic E-state index is 5.58. The molecule has 0 aromatic carbocycles. The third-order valence-electron chi connectivity index (χ3n) is 4.01. The number of nitrogen functional groups attached to an aromatic ring is 1. The largest absolute Gasteiger partial charge is 0.353 e. The van der Waals surface area contributed by atoms with E-state index in [9.17, 15) is 0 Å². The minimum absolute atomic E-state index is 0.528. The molecule has 106 valence electrons. The van der Waals surface area contributed by atoms with Crippen molar-refractivity contribution in [3.8, 4) is 0 Å². The molecule has 1 aromatic heterocycles. The third kappa shape index (κ3) is 2.81. The van der Waals surface area contributed by atoms with Crippen LogP contribution in [0.5, 0.6) is 0 Å². The predicted molar refractivity (Wildman–Crippen MR) is 79.2 cm³/mol. The van der Waals surface area contributed by atoms with E-state index in [2.05, 4.69) is 36.1 Å². The number of hydrogen-bond acceptors (Lipinski definition) is 5. The summed E-state index contributed by atoms with van der Waals surface area (Å²) in [5, 5.41) is 0. The lowest BCUT2D eigenvalue weighted by molar-refractivity contribution is 0.387. The fraction of sp³-hybridized carbons (Fsp3) is 0.714. The number of hydrazine groups is 1. The Bertz CT molecular complexity index is 446. The number of aromatic nitrogens is 2. The van der Waals surface area contributed by atoms with E-state index >= 15 is 0 Å². The number of rotatable bonds is 3. The van der Waals surface area contributed by atoms with Gasteiger partial charge < -0.3 is 10.3 Å². The van der Waals surface area contributed by atoms with Crippen LogP contribution in [0.2, 0.25) is 0 Å². The molecular weight excluding hydrogens is 238 g/mol. The van der Waals surface area contributed by atoms with Crippen molar-refractivity contribution in [2.75, 3.05) is 16.9 Å². The molecule has 3 N–H and O–H groups in total. The summed E-state index contributed by atoms with van der Waals surface area (Å²) in [6.45, 7) is 9.74. The van der Waals surface area contributed by atoms with Crippen LogP contribution >= 0.6 is 0 Å². The Morgan fingerprint density at radius 3 is 2.68 bits per heavy atom. The summed E-state index contributed by atoms with van der Waals surface area (Å²) in [5.74, 6) is 8.92. The molecule has 2 atom stereocenters. The number of anilines is 2. The number of hydrogen-bond donors (Lipinski definition) is 2. The van der Waals surface area contributed by atoms with E-state index < -0.39 is 0 Å². The second-order valence-electron chi connectivity index (χ2n) is 5.62. The van der Waals surface area contributed by atoms with Gasteiger partial charge >= 0.3 is 0 Å². The average molecular weight is 263 g/mol. The van der Waals surface area contributed by atoms with Crippen molar-refractivity contribution in [3.05, 3.63) is 11.4 Å². The first-order valence-corrected chi connectivity index (χ1v) is 7.17. The van der Waals surface area contributed by atoms with Gasteiger partial charge in [0, 0.05) is 24.6 Å². The zero-order valence-corrected chi connectivity index (χ0v) is 12.4. The van der Waals surface area contributed by atoms with Crippen molar-refractivity contribution in [1.29, 1.82) is 0 Å². The molecule has 1 aromatic rings. The van der Waals surface area contributed by atoms with E-state index in [0.29, 0.717) is 12.0 Å². The van der Waals surface area contributed by atoms with Gasteiger partial charge in [0.05, 0.1) is 0 Å². The number of nitrogens with zero attached hydrogens (tertiary/aromatic N) is 3. The molecule has 19 heavy (non-hydrogen) atoms. The first-order chi connectivity index (χ1) is 9.06. The molecule has 1 aliphatic rings. The van der Waals surface area contributed by atoms with Gasteiger partial charge in [-0.2, -0.15) is 0 Å². The summed E-state index contributed by atoms with van der Waals surface area (Å²) in [5.41, 5.74) is 3.74. The van der Waals surface area contributed by atoms with Crippen LogP contribution in [0.4, 0.5) is 11.6 Å². The molecule has 1 fully saturated rings. The minimum atomic E-state index is 0.528. The Morgan fingerprint density at radius 2 is 2.05 bits per heavy atom. The predicted octanol–water partition coefficient (Wildman–Crippen LogP) is 2.26. The molecule has 5 nitrogen and oxygen atoms in total. The van der Waals surface area contributed by atoms with Gasteiger partial charge in [0.1, 0.15) is 17.5 Å². The van der Waals surface area contributed by atoms with Crippen LogP contribution in [0.15, 0.2) is 0 Å². The molecule has 0 aliphatic carbocycles. The summed E-state index contributed by atoms with van der Waals surface area (Å²) in [6.07, 6.45) is 3.33. The van der Waals surface area contributed by atoms with Crippen LogP contribution in [-0.4, -0.2) is 22.6 Å². The van der Waals surface area contributed by atoms with E-state index in [4.69, 9.17) is 10.8 Å². The lowest BCUT2D eigenvalue weighted by atomic mass is 9.95. The molecule has 2 unspecified atom stereocenters. The highest BCUT2D eigenvalue weighted by Crippen LogP contribution is 2.30. The van der Waals surface area contributed by atoms with Crippen molar-refractivity contribution in [3.63, 3.8) is 0 Å². The van der Waals surface area contributed by atoms with Gasteiger partial charge in [-0.15, -0.1) is 0 Å². The summed E-state index contributed by atoms with van der Waals surface area (Å²) in [6, 6.07) is 0.528. The van der Waals surface area contributed by atoms with Crippen LogP contribution in [0.1, 0.15) is 45.0 Å². The Balaban J connectivity index is 2.41. The van der Waals surface area contributed by atoms with E-state index in [1.54, 1.807) is 0 Å². The highest BCUT2D eigenvalue weighted by Gasteiger charge is 2.26. The van der Waals surface area contributed by atoms with Gasteiger partial charge in [-0.3, -0.25) is 0 Å². The van der Waals surface area contributed by atoms with Crippen LogP contribution in [-0.2, 0) is 6.42 Å². The Labute approximate surface area is 115 Å². The highest BCUT2D eigenvalue weighted by atomic mass is 15.3. The number of nitrogens with two attached hydrogens (primary N) is 1. The van der Waals surface area contributed by atoms with Gasteiger partial charge in [-0.1, -0.05) is 13.8 Å². The monoisotopic (exact) mass is 263 g/mol. The summed E-state index contributed by atoms with van der Waals surface area (Å²) >= 11 is 0. The molecule has 0 amide bonds. The molecule has 0 spiro atoms. The van der Waals surface area contributed by atoms with Crippen molar-refractivity contribution >= 4 is 11.6 Å². The lowest BCUT2D eigenvalue weighted by Gasteiger charge is -2.38. The highest BCUT2D eigenvalue weighted by molar-refractivity contribution is 5.58. The molecular formula is C14H25N5. The van der Waals surface area contributed by atoms with E-state index in [1.807, 2.05) is 6.92 Å². The summed E-state index contributed by atoms with van der Waals surface area (Å²) in [4.78, 5) is 11.6. The maximum Gasteiger partial charge on any atom is 0.148 e. The smallest absolute Gasteiger partial charge is 0.148 e. The standard InChI is InChI=1S/C14H25N5/c1-5-12-16-13(18-15)11(4)14(17-12)19-8-9(2)6-7-10(19)3/h9-10H,5-8,15H2,1-4H3,(H,16,17,18). The molecule has 1 aliphatic heterocycles. The normalized spacial score (nSPS) is 23.5. The molecule has 5 heteroatoms. The molecule has 2 rings (SSSR count). The van der Waals surface area contributed by atoms with Crippen LogP contribution in [0.3, 0.4) is 0 Å². The maximum atomic E-state index is 5.58. The Kier molecular flexibility index (Phi) is 4.24. The quantitative estimate of drug-likeness (QED) is 0.647. The zero-order chi connectivity index (χ0) is 14.0. The Morgan fingerprint density at radius 1 is 1.32 bits per heavy atom. The number of nitrogens with one attached hydrogen (secondary N) is 1. The molecule has 0 radical (unpaired) electrons. The summed E-state index contributed by atoms with van der Waals surface area (Å²) < 4.78 is 0. The third-order valence-corrected chi connectivity index (χ3v) is 4.01. The SMILES string of the molecule is CCc1nc(NN)c(C)c(N2CC(C)CCC2C)n1.